The van der Waals surface area contributed by atoms with Gasteiger partial charge in [-0.2, -0.15) is 11.8 Å². The van der Waals surface area contributed by atoms with Gasteiger partial charge in [0.25, 0.3) is 0 Å². The first-order valence-electron chi connectivity index (χ1n) is 12.3. The average molecular weight is 415 g/mol. The molecular weight excluding hydrogens is 366 g/mol. The Morgan fingerprint density at radius 3 is 1.36 bits per heavy atom. The Morgan fingerprint density at radius 1 is 0.607 bits per heavy atom. The first kappa shape index (κ1) is 27.6. The van der Waals surface area contributed by atoms with Gasteiger partial charge in [0.15, 0.2) is 0 Å². The Hall–Kier alpha value is -0.380. The molecule has 0 aliphatic heterocycles. The van der Waals surface area contributed by atoms with Gasteiger partial charge in [-0.15, -0.1) is 0 Å². The van der Waals surface area contributed by atoms with E-state index in [1.54, 1.807) is 0 Å². The van der Waals surface area contributed by atoms with Crippen LogP contribution in [0, 0.1) is 0 Å². The third-order valence-corrected chi connectivity index (χ3v) is 6.53. The molecule has 0 spiro atoms. The molecule has 0 bridgehead atoms. The quantitative estimate of drug-likeness (QED) is 0.182. The van der Waals surface area contributed by atoms with Gasteiger partial charge in [-0.05, 0) is 30.8 Å². The average Bonchev–Trinajstić information content (AvgIpc) is 2.68. The first-order chi connectivity index (χ1) is 13.8. The van der Waals surface area contributed by atoms with Crippen LogP contribution in [-0.2, 0) is 0 Å². The summed E-state index contributed by atoms with van der Waals surface area (Å²) in [5, 5.41) is 12.5. The summed E-state index contributed by atoms with van der Waals surface area (Å²) in [5.74, 6) is 2.73. The van der Waals surface area contributed by atoms with Gasteiger partial charge in [-0.1, -0.05) is 110 Å². The maximum atomic E-state index is 10.2. The summed E-state index contributed by atoms with van der Waals surface area (Å²) in [6.45, 7) is 2.83. The molecule has 0 aliphatic carbocycles. The van der Waals surface area contributed by atoms with Crippen molar-refractivity contribution in [3.8, 4) is 0 Å². The van der Waals surface area contributed by atoms with E-state index in [1.165, 1.54) is 121 Å². The van der Waals surface area contributed by atoms with Crippen molar-refractivity contribution in [3.05, 3.63) is 0 Å². The van der Waals surface area contributed by atoms with Crippen LogP contribution in [-0.4, -0.2) is 24.1 Å². The molecule has 0 saturated carbocycles. The van der Waals surface area contributed by atoms with E-state index < -0.39 is 6.09 Å². The fourth-order valence-corrected chi connectivity index (χ4v) is 4.57. The van der Waals surface area contributed by atoms with Crippen molar-refractivity contribution in [2.75, 3.05) is 18.1 Å². The minimum atomic E-state index is -1.15. The molecule has 0 rings (SSSR count). The third-order valence-electron chi connectivity index (χ3n) is 5.38. The van der Waals surface area contributed by atoms with Crippen LogP contribution in [0.4, 0.5) is 4.79 Å². The lowest BCUT2D eigenvalue weighted by atomic mass is 10.1. The molecule has 1 N–H and O–H groups in total. The van der Waals surface area contributed by atoms with Crippen LogP contribution >= 0.6 is 11.8 Å². The number of nitrogens with one attached hydrogen (secondary N) is 1. The molecule has 0 fully saturated rings. The van der Waals surface area contributed by atoms with E-state index >= 15 is 0 Å². The van der Waals surface area contributed by atoms with Crippen molar-refractivity contribution in [1.29, 1.82) is 0 Å². The van der Waals surface area contributed by atoms with Crippen molar-refractivity contribution in [1.82, 2.24) is 5.32 Å². The molecule has 3 nitrogen and oxygen atoms in total. The Bertz CT molecular complexity index is 313. The number of carboxylic acid groups (broad SMARTS) is 1. The molecular formula is C24H48NO2S-. The van der Waals surface area contributed by atoms with Crippen LogP contribution in [0.3, 0.4) is 0 Å². The Labute approximate surface area is 180 Å². The summed E-state index contributed by atoms with van der Waals surface area (Å²) in [5.41, 5.74) is 0. The van der Waals surface area contributed by atoms with Crippen molar-refractivity contribution in [2.45, 2.75) is 129 Å². The van der Waals surface area contributed by atoms with Crippen molar-refractivity contribution in [2.24, 2.45) is 0 Å². The van der Waals surface area contributed by atoms with Gasteiger partial charge in [0.05, 0.1) is 0 Å². The van der Waals surface area contributed by atoms with Crippen LogP contribution < -0.4 is 10.4 Å². The number of unbranched alkanes of at least 4 members (excludes halogenated alkanes) is 17. The van der Waals surface area contributed by atoms with Gasteiger partial charge < -0.3 is 15.2 Å². The highest BCUT2D eigenvalue weighted by Gasteiger charge is 1.96. The van der Waals surface area contributed by atoms with E-state index in [4.69, 9.17) is 0 Å². The van der Waals surface area contributed by atoms with E-state index in [2.05, 4.69) is 24.0 Å². The summed E-state index contributed by atoms with van der Waals surface area (Å²) < 4.78 is 0. The van der Waals surface area contributed by atoms with Gasteiger partial charge in [0.2, 0.25) is 0 Å². The molecule has 0 aromatic carbocycles. The molecule has 0 atom stereocenters. The number of carbonyl (C=O) groups is 1. The second-order valence-corrected chi connectivity index (χ2v) is 9.42. The lowest BCUT2D eigenvalue weighted by molar-refractivity contribution is -0.250. The minimum Gasteiger partial charge on any atom is -0.530 e. The van der Waals surface area contributed by atoms with E-state index in [0.29, 0.717) is 6.54 Å². The molecule has 0 heterocycles. The zero-order valence-electron chi connectivity index (χ0n) is 18.8. The van der Waals surface area contributed by atoms with Crippen LogP contribution in [0.25, 0.3) is 0 Å². The number of carbonyl (C=O) groups excluding carboxylic acids is 1. The molecule has 0 saturated heterocycles. The number of hydrogen-bond donors (Lipinski definition) is 1. The fraction of sp³-hybridized carbons (Fsp3) is 0.958. The van der Waals surface area contributed by atoms with E-state index in [9.17, 15) is 9.90 Å². The largest absolute Gasteiger partial charge is 0.530 e. The second-order valence-electron chi connectivity index (χ2n) is 8.19. The summed E-state index contributed by atoms with van der Waals surface area (Å²) in [4.78, 5) is 10.2. The van der Waals surface area contributed by atoms with Gasteiger partial charge >= 0.3 is 0 Å². The molecule has 0 aliphatic rings. The monoisotopic (exact) mass is 414 g/mol. The zero-order valence-corrected chi connectivity index (χ0v) is 19.6. The normalized spacial score (nSPS) is 11.0. The predicted octanol–water partition coefficient (Wildman–Crippen LogP) is 7.08. The molecule has 0 aromatic heterocycles. The van der Waals surface area contributed by atoms with Crippen molar-refractivity contribution >= 4 is 17.9 Å². The summed E-state index contributed by atoms with van der Waals surface area (Å²) in [6.07, 6.45) is 24.6. The maximum Gasteiger partial charge on any atom is 0.134 e. The minimum absolute atomic E-state index is 0.541. The van der Waals surface area contributed by atoms with E-state index in [0.717, 1.165) is 12.8 Å². The Balaban J connectivity index is 2.99. The Morgan fingerprint density at radius 2 is 0.964 bits per heavy atom. The molecule has 0 unspecified atom stereocenters. The van der Waals surface area contributed by atoms with Gasteiger partial charge in [-0.25, -0.2) is 0 Å². The summed E-state index contributed by atoms with van der Waals surface area (Å²) in [7, 11) is 0. The summed E-state index contributed by atoms with van der Waals surface area (Å²) >= 11 is 2.17. The predicted molar refractivity (Wildman–Crippen MR) is 124 cm³/mol. The van der Waals surface area contributed by atoms with Crippen LogP contribution in [0.2, 0.25) is 0 Å². The molecule has 1 amide bonds. The number of hydrogen-bond acceptors (Lipinski definition) is 3. The van der Waals surface area contributed by atoms with E-state index in [-0.39, 0.29) is 0 Å². The molecule has 0 aromatic rings. The number of thioether (sulfide) groups is 1. The molecule has 0 radical (unpaired) electrons. The number of rotatable bonds is 23. The lowest BCUT2D eigenvalue weighted by Crippen LogP contribution is -2.36. The van der Waals surface area contributed by atoms with Crippen LogP contribution in [0.5, 0.6) is 0 Å². The smallest absolute Gasteiger partial charge is 0.134 e. The van der Waals surface area contributed by atoms with Gasteiger partial charge in [0, 0.05) is 6.54 Å². The highest BCUT2D eigenvalue weighted by Crippen LogP contribution is 2.15. The lowest BCUT2D eigenvalue weighted by Gasteiger charge is -2.06. The SMILES string of the molecule is CCCCCCCCCCCSCCCCCCCCCCCCNC(=O)[O-]. The van der Waals surface area contributed by atoms with Crippen molar-refractivity contribution in [3.63, 3.8) is 0 Å². The molecule has 4 heteroatoms. The highest BCUT2D eigenvalue weighted by molar-refractivity contribution is 7.99. The second kappa shape index (κ2) is 24.7. The number of amides is 1. The van der Waals surface area contributed by atoms with E-state index in [1.807, 2.05) is 0 Å². The fourth-order valence-electron chi connectivity index (χ4n) is 3.55. The first-order valence-corrected chi connectivity index (χ1v) is 13.5. The van der Waals surface area contributed by atoms with Crippen molar-refractivity contribution < 1.29 is 9.90 Å². The van der Waals surface area contributed by atoms with Gasteiger partial charge in [0.1, 0.15) is 6.09 Å². The third kappa shape index (κ3) is 25.6. The van der Waals surface area contributed by atoms with Crippen LogP contribution in [0.15, 0.2) is 0 Å². The highest BCUT2D eigenvalue weighted by atomic mass is 32.2. The molecule has 168 valence electrons. The summed E-state index contributed by atoms with van der Waals surface area (Å²) in [6, 6.07) is 0. The topological polar surface area (TPSA) is 52.2 Å². The Kier molecular flexibility index (Phi) is 24.3. The zero-order chi connectivity index (χ0) is 20.5. The maximum absolute atomic E-state index is 10.2. The molecule has 28 heavy (non-hydrogen) atoms. The van der Waals surface area contributed by atoms with Gasteiger partial charge in [-0.3, -0.25) is 0 Å². The standard InChI is InChI=1S/C24H49NO2S/c1-2-3-4-5-6-10-13-16-19-22-28-23-20-17-14-11-8-7-9-12-15-18-21-25-24(26)27/h25H,2-23H2,1H3,(H,26,27)/p-1. The van der Waals surface area contributed by atoms with Crippen LogP contribution in [0.1, 0.15) is 129 Å².